The molecule has 1 aromatic heterocycles. The summed E-state index contributed by atoms with van der Waals surface area (Å²) in [5, 5.41) is 0.363. The maximum atomic E-state index is 13.1. The van der Waals surface area contributed by atoms with E-state index in [1.807, 2.05) is 0 Å². The fourth-order valence-corrected chi connectivity index (χ4v) is 2.01. The molecule has 1 heterocycles. The molecule has 0 aliphatic rings. The van der Waals surface area contributed by atoms with Gasteiger partial charge in [0.25, 0.3) is 0 Å². The van der Waals surface area contributed by atoms with E-state index in [-0.39, 0.29) is 5.75 Å². The van der Waals surface area contributed by atoms with E-state index in [1.54, 1.807) is 0 Å². The molecule has 0 aliphatic carbocycles. The number of ether oxygens (including phenoxy) is 1. The molecular formula is C10H8F2N2OS. The van der Waals surface area contributed by atoms with Crippen LogP contribution in [0.3, 0.4) is 0 Å². The van der Waals surface area contributed by atoms with Crippen molar-refractivity contribution in [2.45, 2.75) is 0 Å². The molecule has 0 atom stereocenters. The van der Waals surface area contributed by atoms with E-state index in [2.05, 4.69) is 4.98 Å². The smallest absolute Gasteiger partial charge is 0.180 e. The summed E-state index contributed by atoms with van der Waals surface area (Å²) in [5.74, 6) is -1.62. The molecule has 2 N–H and O–H groups in total. The van der Waals surface area contributed by atoms with Crippen LogP contribution in [0.25, 0.3) is 10.4 Å². The highest BCUT2D eigenvalue weighted by molar-refractivity contribution is 7.18. The first-order valence-electron chi connectivity index (χ1n) is 4.36. The molecule has 0 saturated heterocycles. The van der Waals surface area contributed by atoms with Gasteiger partial charge in [0, 0.05) is 17.8 Å². The minimum atomic E-state index is -0.946. The number of anilines is 1. The molecule has 0 aliphatic heterocycles. The number of methoxy groups -OCH3 is 1. The first kappa shape index (κ1) is 10.8. The van der Waals surface area contributed by atoms with Gasteiger partial charge in [-0.15, -0.1) is 0 Å². The second-order valence-electron chi connectivity index (χ2n) is 3.03. The Hall–Kier alpha value is -1.69. The van der Waals surface area contributed by atoms with Gasteiger partial charge in [0.05, 0.1) is 12.0 Å². The lowest BCUT2D eigenvalue weighted by Crippen LogP contribution is -1.91. The van der Waals surface area contributed by atoms with Crippen LogP contribution in [0.4, 0.5) is 13.9 Å². The monoisotopic (exact) mass is 242 g/mol. The summed E-state index contributed by atoms with van der Waals surface area (Å²) >= 11 is 1.18. The lowest BCUT2D eigenvalue weighted by atomic mass is 10.1. The molecule has 0 radical (unpaired) electrons. The number of rotatable bonds is 2. The van der Waals surface area contributed by atoms with Gasteiger partial charge in [0.15, 0.2) is 16.8 Å². The lowest BCUT2D eigenvalue weighted by molar-refractivity contribution is 0.408. The maximum absolute atomic E-state index is 13.1. The zero-order chi connectivity index (χ0) is 11.7. The summed E-state index contributed by atoms with van der Waals surface area (Å²) < 4.78 is 31.1. The van der Waals surface area contributed by atoms with Crippen molar-refractivity contribution in [2.24, 2.45) is 0 Å². The van der Waals surface area contributed by atoms with E-state index in [4.69, 9.17) is 10.5 Å². The van der Waals surface area contributed by atoms with Gasteiger partial charge in [0.1, 0.15) is 5.75 Å². The van der Waals surface area contributed by atoms with E-state index >= 15 is 0 Å². The third-order valence-corrected chi connectivity index (χ3v) is 2.89. The molecule has 0 spiro atoms. The fraction of sp³-hybridized carbons (Fsp3) is 0.100. The van der Waals surface area contributed by atoms with Crippen molar-refractivity contribution in [1.29, 1.82) is 0 Å². The van der Waals surface area contributed by atoms with E-state index in [1.165, 1.54) is 24.6 Å². The topological polar surface area (TPSA) is 48.1 Å². The van der Waals surface area contributed by atoms with Crippen LogP contribution in [-0.4, -0.2) is 12.1 Å². The summed E-state index contributed by atoms with van der Waals surface area (Å²) in [6.07, 6.45) is 1.50. The third kappa shape index (κ3) is 1.83. The van der Waals surface area contributed by atoms with Crippen molar-refractivity contribution < 1.29 is 13.5 Å². The Kier molecular flexibility index (Phi) is 2.74. The van der Waals surface area contributed by atoms with Crippen LogP contribution in [0.2, 0.25) is 0 Å². The number of hydrogen-bond acceptors (Lipinski definition) is 4. The van der Waals surface area contributed by atoms with Crippen LogP contribution < -0.4 is 10.5 Å². The molecule has 84 valence electrons. The molecule has 0 saturated carbocycles. The molecule has 3 nitrogen and oxygen atoms in total. The van der Waals surface area contributed by atoms with Gasteiger partial charge < -0.3 is 10.5 Å². The number of nitrogen functional groups attached to an aromatic ring is 1. The minimum absolute atomic E-state index is 0.252. The Bertz CT molecular complexity index is 528. The molecule has 1 aromatic carbocycles. The van der Waals surface area contributed by atoms with Gasteiger partial charge in [-0.1, -0.05) is 11.3 Å². The molecule has 6 heteroatoms. The summed E-state index contributed by atoms with van der Waals surface area (Å²) in [5.41, 5.74) is 5.91. The van der Waals surface area contributed by atoms with Crippen LogP contribution in [0.1, 0.15) is 0 Å². The number of nitrogens with two attached hydrogens (primary N) is 1. The highest BCUT2D eigenvalue weighted by atomic mass is 32.1. The van der Waals surface area contributed by atoms with Crippen LogP contribution in [0.5, 0.6) is 5.75 Å². The Morgan fingerprint density at radius 1 is 1.31 bits per heavy atom. The number of hydrogen-bond donors (Lipinski definition) is 1. The zero-order valence-corrected chi connectivity index (χ0v) is 9.15. The Morgan fingerprint density at radius 2 is 2.00 bits per heavy atom. The number of benzene rings is 1. The molecule has 0 bridgehead atoms. The van der Waals surface area contributed by atoms with Crippen molar-refractivity contribution in [3.63, 3.8) is 0 Å². The van der Waals surface area contributed by atoms with Crippen LogP contribution in [0, 0.1) is 11.6 Å². The standard InChI is InChI=1S/C10H8F2N2OS/c1-15-8-3-7(12)6(11)2-5(8)9-4-14-10(13)16-9/h2-4H,1H3,(H2,13,14). The van der Waals surface area contributed by atoms with Gasteiger partial charge in [-0.3, -0.25) is 0 Å². The third-order valence-electron chi connectivity index (χ3n) is 2.03. The summed E-state index contributed by atoms with van der Waals surface area (Å²) in [6.45, 7) is 0. The number of halogens is 2. The second-order valence-corrected chi connectivity index (χ2v) is 4.09. The van der Waals surface area contributed by atoms with E-state index in [9.17, 15) is 8.78 Å². The first-order chi connectivity index (χ1) is 7.61. The quantitative estimate of drug-likeness (QED) is 0.880. The van der Waals surface area contributed by atoms with Gasteiger partial charge in [-0.05, 0) is 6.07 Å². The molecule has 0 amide bonds. The molecule has 2 rings (SSSR count). The Morgan fingerprint density at radius 3 is 2.56 bits per heavy atom. The van der Waals surface area contributed by atoms with E-state index in [0.717, 1.165) is 12.1 Å². The van der Waals surface area contributed by atoms with E-state index in [0.29, 0.717) is 15.6 Å². The number of thiazole rings is 1. The predicted octanol–water partition coefficient (Wildman–Crippen LogP) is 2.68. The Balaban J connectivity index is 2.59. The first-order valence-corrected chi connectivity index (χ1v) is 5.18. The molecule has 2 aromatic rings. The SMILES string of the molecule is COc1cc(F)c(F)cc1-c1cnc(N)s1. The molecular weight excluding hydrogens is 234 g/mol. The van der Waals surface area contributed by atoms with Crippen LogP contribution in [-0.2, 0) is 0 Å². The molecule has 16 heavy (non-hydrogen) atoms. The van der Waals surface area contributed by atoms with Gasteiger partial charge in [0.2, 0.25) is 0 Å². The molecule has 0 fully saturated rings. The second kappa shape index (κ2) is 4.05. The van der Waals surface area contributed by atoms with Crippen molar-refractivity contribution in [1.82, 2.24) is 4.98 Å². The average molecular weight is 242 g/mol. The fourth-order valence-electron chi connectivity index (χ4n) is 1.30. The number of nitrogens with zero attached hydrogens (tertiary/aromatic N) is 1. The summed E-state index contributed by atoms with van der Waals surface area (Å²) in [4.78, 5) is 4.48. The maximum Gasteiger partial charge on any atom is 0.180 e. The van der Waals surface area contributed by atoms with Gasteiger partial charge >= 0.3 is 0 Å². The van der Waals surface area contributed by atoms with Gasteiger partial charge in [-0.2, -0.15) is 0 Å². The van der Waals surface area contributed by atoms with Crippen molar-refractivity contribution in [3.8, 4) is 16.2 Å². The normalized spacial score (nSPS) is 10.4. The molecule has 0 unspecified atom stereocenters. The average Bonchev–Trinajstić information content (AvgIpc) is 2.68. The summed E-state index contributed by atoms with van der Waals surface area (Å²) in [6, 6.07) is 2.07. The van der Waals surface area contributed by atoms with Crippen molar-refractivity contribution in [3.05, 3.63) is 30.0 Å². The van der Waals surface area contributed by atoms with E-state index < -0.39 is 11.6 Å². The summed E-state index contributed by atoms with van der Waals surface area (Å²) in [7, 11) is 1.39. The number of aromatic nitrogens is 1. The van der Waals surface area contributed by atoms with Crippen molar-refractivity contribution in [2.75, 3.05) is 12.8 Å². The van der Waals surface area contributed by atoms with Gasteiger partial charge in [-0.25, -0.2) is 13.8 Å². The van der Waals surface area contributed by atoms with Crippen molar-refractivity contribution >= 4 is 16.5 Å². The Labute approximate surface area is 94.5 Å². The zero-order valence-electron chi connectivity index (χ0n) is 8.33. The van der Waals surface area contributed by atoms with Crippen LogP contribution >= 0.6 is 11.3 Å². The van der Waals surface area contributed by atoms with Crippen LogP contribution in [0.15, 0.2) is 18.3 Å². The minimum Gasteiger partial charge on any atom is -0.496 e. The highest BCUT2D eigenvalue weighted by Crippen LogP contribution is 2.35. The largest absolute Gasteiger partial charge is 0.496 e. The highest BCUT2D eigenvalue weighted by Gasteiger charge is 2.13. The predicted molar refractivity (Wildman–Crippen MR) is 58.4 cm³/mol. The lowest BCUT2D eigenvalue weighted by Gasteiger charge is -2.06.